The highest BCUT2D eigenvalue weighted by molar-refractivity contribution is 6.11. The molecule has 0 radical (unpaired) electrons. The van der Waals surface area contributed by atoms with Gasteiger partial charge in [0, 0.05) is 27.9 Å². The van der Waals surface area contributed by atoms with Crippen molar-refractivity contribution in [1.29, 1.82) is 0 Å². The SMILES string of the molecule is c1ccc2c(c1)-c1ccccc1-c1cc3ncccc3cc1-c1ccc(-c3cccc4c3oc3ccccc34)cc1-2. The number of hydrogen-bond donors (Lipinski definition) is 0. The summed E-state index contributed by atoms with van der Waals surface area (Å²) in [4.78, 5) is 4.71. The highest BCUT2D eigenvalue weighted by Gasteiger charge is 2.23. The molecule has 0 spiro atoms. The third-order valence-corrected chi connectivity index (χ3v) is 8.49. The Morgan fingerprint density at radius 1 is 0.415 bits per heavy atom. The molecule has 2 aromatic heterocycles. The fraction of sp³-hybridized carbons (Fsp3) is 0. The van der Waals surface area contributed by atoms with Crippen LogP contribution in [0.5, 0.6) is 0 Å². The average Bonchev–Trinajstić information content (AvgIpc) is 3.42. The number of pyridine rings is 1. The summed E-state index contributed by atoms with van der Waals surface area (Å²) in [5.74, 6) is 0. The van der Waals surface area contributed by atoms with Gasteiger partial charge in [-0.2, -0.15) is 0 Å². The Labute approximate surface area is 237 Å². The third kappa shape index (κ3) is 3.28. The quantitative estimate of drug-likeness (QED) is 0.215. The largest absolute Gasteiger partial charge is 0.455 e. The van der Waals surface area contributed by atoms with Gasteiger partial charge >= 0.3 is 0 Å². The third-order valence-electron chi connectivity index (χ3n) is 8.49. The van der Waals surface area contributed by atoms with Crippen molar-refractivity contribution in [2.24, 2.45) is 0 Å². The summed E-state index contributed by atoms with van der Waals surface area (Å²) in [5.41, 5.74) is 14.9. The van der Waals surface area contributed by atoms with Crippen LogP contribution in [0.4, 0.5) is 0 Å². The van der Waals surface area contributed by atoms with Gasteiger partial charge in [-0.1, -0.05) is 103 Å². The number of aromatic nitrogens is 1. The molecule has 41 heavy (non-hydrogen) atoms. The van der Waals surface area contributed by atoms with Crippen molar-refractivity contribution in [2.75, 3.05) is 0 Å². The molecule has 1 aliphatic carbocycles. The minimum absolute atomic E-state index is 0.914. The van der Waals surface area contributed by atoms with Crippen molar-refractivity contribution < 1.29 is 4.42 Å². The van der Waals surface area contributed by atoms with Gasteiger partial charge in [0.15, 0.2) is 0 Å². The van der Waals surface area contributed by atoms with Crippen LogP contribution in [0.3, 0.4) is 0 Å². The molecule has 0 atom stereocenters. The van der Waals surface area contributed by atoms with E-state index in [4.69, 9.17) is 9.40 Å². The van der Waals surface area contributed by atoms with E-state index in [1.54, 1.807) is 0 Å². The lowest BCUT2D eigenvalue weighted by Crippen LogP contribution is -1.98. The minimum Gasteiger partial charge on any atom is -0.455 e. The van der Waals surface area contributed by atoms with E-state index in [1.165, 1.54) is 44.5 Å². The van der Waals surface area contributed by atoms with Gasteiger partial charge in [0.05, 0.1) is 5.52 Å². The molecule has 0 aliphatic heterocycles. The standard InChI is InChI=1S/C39H23NO/c1-3-12-29-27(10-1)28-11-2-4-13-30(28)36-23-37-25(9-8-20-40-37)22-35(36)31-19-18-24(21-34(29)31)26-15-7-16-33-32-14-5-6-17-38(32)41-39(26)33/h1-23H. The van der Waals surface area contributed by atoms with Crippen LogP contribution in [-0.2, 0) is 0 Å². The van der Waals surface area contributed by atoms with Crippen molar-refractivity contribution >= 4 is 32.8 Å². The van der Waals surface area contributed by atoms with Gasteiger partial charge in [0.2, 0.25) is 0 Å². The van der Waals surface area contributed by atoms with E-state index in [0.717, 1.165) is 44.0 Å². The van der Waals surface area contributed by atoms with Gasteiger partial charge in [-0.3, -0.25) is 4.98 Å². The van der Waals surface area contributed by atoms with E-state index in [9.17, 15) is 0 Å². The lowest BCUT2D eigenvalue weighted by atomic mass is 9.79. The van der Waals surface area contributed by atoms with Gasteiger partial charge in [-0.05, 0) is 80.4 Å². The summed E-state index contributed by atoms with van der Waals surface area (Å²) in [5, 5.41) is 3.43. The molecule has 190 valence electrons. The Bertz CT molecular complexity index is 2320. The Morgan fingerprint density at radius 2 is 1.02 bits per heavy atom. The molecule has 0 fully saturated rings. The Kier molecular flexibility index (Phi) is 4.64. The Balaban J connectivity index is 1.38. The number of nitrogens with zero attached hydrogens (tertiary/aromatic N) is 1. The molecule has 0 N–H and O–H groups in total. The molecule has 8 aromatic rings. The predicted octanol–water partition coefficient (Wildman–Crippen LogP) is 10.8. The summed E-state index contributed by atoms with van der Waals surface area (Å²) in [6, 6.07) is 47.9. The van der Waals surface area contributed by atoms with Crippen molar-refractivity contribution in [3.63, 3.8) is 0 Å². The van der Waals surface area contributed by atoms with E-state index in [0.29, 0.717) is 0 Å². The van der Waals surface area contributed by atoms with Gasteiger partial charge in [-0.15, -0.1) is 0 Å². The van der Waals surface area contributed by atoms with Crippen LogP contribution in [0.15, 0.2) is 144 Å². The number of fused-ring (bicyclic) bond motifs is 12. The normalized spacial score (nSPS) is 11.9. The summed E-state index contributed by atoms with van der Waals surface area (Å²) >= 11 is 0. The zero-order valence-corrected chi connectivity index (χ0v) is 22.1. The zero-order chi connectivity index (χ0) is 26.9. The number of furan rings is 1. The molecular formula is C39H23NO. The fourth-order valence-electron chi connectivity index (χ4n) is 6.62. The van der Waals surface area contributed by atoms with Gasteiger partial charge in [0.1, 0.15) is 11.2 Å². The first-order valence-electron chi connectivity index (χ1n) is 14.0. The molecule has 2 nitrogen and oxygen atoms in total. The second-order valence-electron chi connectivity index (χ2n) is 10.7. The molecule has 0 saturated carbocycles. The van der Waals surface area contributed by atoms with Crippen LogP contribution in [0.1, 0.15) is 0 Å². The van der Waals surface area contributed by atoms with Gasteiger partial charge < -0.3 is 4.42 Å². The summed E-state index contributed by atoms with van der Waals surface area (Å²) in [6.45, 7) is 0. The summed E-state index contributed by atoms with van der Waals surface area (Å²) < 4.78 is 6.44. The van der Waals surface area contributed by atoms with Crippen molar-refractivity contribution in [1.82, 2.24) is 4.98 Å². The molecule has 2 heterocycles. The van der Waals surface area contributed by atoms with Crippen molar-refractivity contribution in [3.05, 3.63) is 140 Å². The minimum atomic E-state index is 0.914. The maximum atomic E-state index is 6.44. The number of benzene rings is 6. The van der Waals surface area contributed by atoms with Gasteiger partial charge in [-0.25, -0.2) is 0 Å². The zero-order valence-electron chi connectivity index (χ0n) is 22.1. The van der Waals surface area contributed by atoms with E-state index < -0.39 is 0 Å². The smallest absolute Gasteiger partial charge is 0.143 e. The van der Waals surface area contributed by atoms with Crippen molar-refractivity contribution in [2.45, 2.75) is 0 Å². The van der Waals surface area contributed by atoms with E-state index >= 15 is 0 Å². The summed E-state index contributed by atoms with van der Waals surface area (Å²) in [6.07, 6.45) is 1.87. The number of para-hydroxylation sites is 2. The van der Waals surface area contributed by atoms with E-state index in [2.05, 4.69) is 115 Å². The molecule has 2 heteroatoms. The van der Waals surface area contributed by atoms with Crippen LogP contribution in [-0.4, -0.2) is 4.98 Å². The molecule has 0 amide bonds. The Hall–Kier alpha value is -5.47. The average molecular weight is 522 g/mol. The maximum Gasteiger partial charge on any atom is 0.143 e. The molecule has 0 saturated heterocycles. The first-order valence-corrected chi connectivity index (χ1v) is 14.0. The fourth-order valence-corrected chi connectivity index (χ4v) is 6.62. The Morgan fingerprint density at radius 3 is 1.83 bits per heavy atom. The lowest BCUT2D eigenvalue weighted by molar-refractivity contribution is 0.670. The van der Waals surface area contributed by atoms with Crippen LogP contribution < -0.4 is 0 Å². The first-order chi connectivity index (χ1) is 20.3. The first kappa shape index (κ1) is 22.4. The number of hydrogen-bond acceptors (Lipinski definition) is 2. The molecule has 0 unspecified atom stereocenters. The molecule has 0 bridgehead atoms. The van der Waals surface area contributed by atoms with Crippen LogP contribution in [0.25, 0.3) is 88.5 Å². The summed E-state index contributed by atoms with van der Waals surface area (Å²) in [7, 11) is 0. The maximum absolute atomic E-state index is 6.44. The second kappa shape index (κ2) is 8.51. The highest BCUT2D eigenvalue weighted by Crippen LogP contribution is 2.49. The molecular weight excluding hydrogens is 498 g/mol. The monoisotopic (exact) mass is 521 g/mol. The second-order valence-corrected chi connectivity index (χ2v) is 10.7. The predicted molar refractivity (Wildman–Crippen MR) is 170 cm³/mol. The number of rotatable bonds is 1. The molecule has 9 rings (SSSR count). The lowest BCUT2D eigenvalue weighted by Gasteiger charge is -2.24. The van der Waals surface area contributed by atoms with Crippen LogP contribution in [0.2, 0.25) is 0 Å². The van der Waals surface area contributed by atoms with E-state index in [-0.39, 0.29) is 0 Å². The van der Waals surface area contributed by atoms with Crippen molar-refractivity contribution in [3.8, 4) is 55.6 Å². The molecule has 6 aromatic carbocycles. The van der Waals surface area contributed by atoms with E-state index in [1.807, 2.05) is 24.4 Å². The topological polar surface area (TPSA) is 26.0 Å². The van der Waals surface area contributed by atoms with Crippen LogP contribution >= 0.6 is 0 Å². The van der Waals surface area contributed by atoms with Crippen LogP contribution in [0, 0.1) is 0 Å². The molecule has 1 aliphatic rings. The van der Waals surface area contributed by atoms with Gasteiger partial charge in [0.25, 0.3) is 0 Å². The highest BCUT2D eigenvalue weighted by atomic mass is 16.3.